The Kier molecular flexibility index (Phi) is 4.56. The molecule has 1 aliphatic heterocycles. The fraction of sp³-hybridized carbons (Fsp3) is 0.400. The van der Waals surface area contributed by atoms with Crippen LogP contribution in [0.4, 0.5) is 0 Å². The van der Waals surface area contributed by atoms with Gasteiger partial charge in [0.2, 0.25) is 5.91 Å². The molecule has 0 aliphatic carbocycles. The molecule has 19 heavy (non-hydrogen) atoms. The first-order chi connectivity index (χ1) is 9.19. The number of nitrogens with two attached hydrogens (primary N) is 2. The van der Waals surface area contributed by atoms with Gasteiger partial charge in [0.25, 0.3) is 0 Å². The van der Waals surface area contributed by atoms with Gasteiger partial charge >= 0.3 is 0 Å². The average Bonchev–Trinajstić information content (AvgIpc) is 2.87. The monoisotopic (exact) mass is 257 g/mol. The first-order valence-electron chi connectivity index (χ1n) is 6.48. The summed E-state index contributed by atoms with van der Waals surface area (Å²) in [4.78, 5) is 13.4. The highest BCUT2D eigenvalue weighted by Crippen LogP contribution is 2.18. The Morgan fingerprint density at radius 3 is 2.68 bits per heavy atom. The second kappa shape index (κ2) is 6.37. The van der Waals surface area contributed by atoms with E-state index in [9.17, 15) is 4.79 Å². The van der Waals surface area contributed by atoms with Gasteiger partial charge in [-0.15, -0.1) is 0 Å². The van der Waals surface area contributed by atoms with E-state index in [2.05, 4.69) is 28.9 Å². The summed E-state index contributed by atoms with van der Waals surface area (Å²) in [5.74, 6) is 5.65. The van der Waals surface area contributed by atoms with Crippen LogP contribution in [0.5, 0.6) is 0 Å². The van der Waals surface area contributed by atoms with Crippen LogP contribution in [0.2, 0.25) is 0 Å². The molecule has 0 aromatic heterocycles. The summed E-state index contributed by atoms with van der Waals surface area (Å²) in [7, 11) is 0. The summed E-state index contributed by atoms with van der Waals surface area (Å²) in [6.07, 6.45) is 0.870. The Bertz CT molecular complexity index is 498. The lowest BCUT2D eigenvalue weighted by Gasteiger charge is -2.15. The molecule has 4 nitrogen and oxygen atoms in total. The number of benzene rings is 1. The maximum atomic E-state index is 11.1. The van der Waals surface area contributed by atoms with Gasteiger partial charge in [0.05, 0.1) is 12.5 Å². The summed E-state index contributed by atoms with van der Waals surface area (Å²) >= 11 is 0. The van der Waals surface area contributed by atoms with E-state index in [-0.39, 0.29) is 11.8 Å². The fourth-order valence-electron chi connectivity index (χ4n) is 2.31. The molecule has 4 N–H and O–H groups in total. The molecule has 0 bridgehead atoms. The Morgan fingerprint density at radius 1 is 1.37 bits per heavy atom. The van der Waals surface area contributed by atoms with Crippen LogP contribution in [0.15, 0.2) is 24.3 Å². The highest BCUT2D eigenvalue weighted by Gasteiger charge is 2.26. The molecule has 1 unspecified atom stereocenters. The summed E-state index contributed by atoms with van der Waals surface area (Å²) in [5, 5.41) is 0. The fourth-order valence-corrected chi connectivity index (χ4v) is 2.31. The Balaban J connectivity index is 1.92. The van der Waals surface area contributed by atoms with Crippen LogP contribution in [0.3, 0.4) is 0 Å². The maximum Gasteiger partial charge on any atom is 0.221 e. The predicted octanol–water partition coefficient (Wildman–Crippen LogP) is 0.304. The van der Waals surface area contributed by atoms with E-state index in [1.807, 2.05) is 12.1 Å². The zero-order valence-corrected chi connectivity index (χ0v) is 10.9. The van der Waals surface area contributed by atoms with E-state index < -0.39 is 0 Å². The number of carbonyl (C=O) groups is 1. The van der Waals surface area contributed by atoms with Gasteiger partial charge in [-0.2, -0.15) is 0 Å². The van der Waals surface area contributed by atoms with Crippen molar-refractivity contribution in [2.45, 2.75) is 13.0 Å². The summed E-state index contributed by atoms with van der Waals surface area (Å²) < 4.78 is 0. The van der Waals surface area contributed by atoms with E-state index in [0.29, 0.717) is 6.54 Å². The Hall–Kier alpha value is -1.83. The van der Waals surface area contributed by atoms with Crippen LogP contribution in [-0.4, -0.2) is 30.4 Å². The zero-order chi connectivity index (χ0) is 13.7. The van der Waals surface area contributed by atoms with Crippen LogP contribution >= 0.6 is 0 Å². The molecule has 1 amide bonds. The van der Waals surface area contributed by atoms with Gasteiger partial charge in [-0.05, 0) is 30.7 Å². The molecule has 1 aliphatic rings. The van der Waals surface area contributed by atoms with Crippen molar-refractivity contribution in [3.05, 3.63) is 35.4 Å². The minimum atomic E-state index is -0.185. The topological polar surface area (TPSA) is 72.3 Å². The van der Waals surface area contributed by atoms with Crippen LogP contribution in [-0.2, 0) is 11.3 Å². The number of hydrogen-bond donors (Lipinski definition) is 2. The van der Waals surface area contributed by atoms with E-state index >= 15 is 0 Å². The summed E-state index contributed by atoms with van der Waals surface area (Å²) in [6, 6.07) is 8.13. The quantitative estimate of drug-likeness (QED) is 0.765. The van der Waals surface area contributed by atoms with E-state index in [1.165, 1.54) is 5.56 Å². The largest absolute Gasteiger partial charge is 0.369 e. The molecule has 1 aromatic carbocycles. The van der Waals surface area contributed by atoms with E-state index in [4.69, 9.17) is 11.5 Å². The molecule has 100 valence electrons. The smallest absolute Gasteiger partial charge is 0.221 e. The first kappa shape index (κ1) is 13.6. The van der Waals surface area contributed by atoms with E-state index in [0.717, 1.165) is 31.6 Å². The molecular weight excluding hydrogens is 238 g/mol. The predicted molar refractivity (Wildman–Crippen MR) is 75.0 cm³/mol. The van der Waals surface area contributed by atoms with Crippen molar-refractivity contribution in [2.75, 3.05) is 19.6 Å². The lowest BCUT2D eigenvalue weighted by molar-refractivity contribution is -0.121. The van der Waals surface area contributed by atoms with Crippen molar-refractivity contribution in [3.63, 3.8) is 0 Å². The highest BCUT2D eigenvalue weighted by molar-refractivity contribution is 5.77. The molecule has 0 radical (unpaired) electrons. The van der Waals surface area contributed by atoms with Crippen LogP contribution in [0.25, 0.3) is 0 Å². The van der Waals surface area contributed by atoms with Crippen LogP contribution < -0.4 is 11.5 Å². The molecule has 1 heterocycles. The van der Waals surface area contributed by atoms with Crippen LogP contribution in [0, 0.1) is 17.8 Å². The lowest BCUT2D eigenvalue weighted by atomic mass is 10.1. The molecular formula is C15H19N3O. The molecule has 4 heteroatoms. The average molecular weight is 257 g/mol. The van der Waals surface area contributed by atoms with Gasteiger partial charge < -0.3 is 11.5 Å². The highest BCUT2D eigenvalue weighted by atomic mass is 16.1. The zero-order valence-electron chi connectivity index (χ0n) is 10.9. The molecule has 1 saturated heterocycles. The third-order valence-corrected chi connectivity index (χ3v) is 3.37. The third kappa shape index (κ3) is 3.82. The molecule has 1 aromatic rings. The van der Waals surface area contributed by atoms with Crippen molar-refractivity contribution in [3.8, 4) is 11.8 Å². The van der Waals surface area contributed by atoms with Crippen molar-refractivity contribution >= 4 is 5.91 Å². The Morgan fingerprint density at radius 2 is 2.11 bits per heavy atom. The Labute approximate surface area is 113 Å². The minimum absolute atomic E-state index is 0.00898. The SMILES string of the molecule is NCC#Cc1ccc(CN2CCC(C(N)=O)C2)cc1. The van der Waals surface area contributed by atoms with Crippen molar-refractivity contribution < 1.29 is 4.79 Å². The number of primary amides is 1. The third-order valence-electron chi connectivity index (χ3n) is 3.37. The molecule has 0 spiro atoms. The number of hydrogen-bond acceptors (Lipinski definition) is 3. The number of rotatable bonds is 3. The number of carbonyl (C=O) groups excluding carboxylic acids is 1. The van der Waals surface area contributed by atoms with Crippen molar-refractivity contribution in [1.29, 1.82) is 0 Å². The lowest BCUT2D eigenvalue weighted by Crippen LogP contribution is -2.27. The van der Waals surface area contributed by atoms with Crippen molar-refractivity contribution in [2.24, 2.45) is 17.4 Å². The van der Waals surface area contributed by atoms with Gasteiger partial charge in [-0.3, -0.25) is 9.69 Å². The maximum absolute atomic E-state index is 11.1. The second-order valence-corrected chi connectivity index (χ2v) is 4.83. The first-order valence-corrected chi connectivity index (χ1v) is 6.48. The van der Waals surface area contributed by atoms with Crippen LogP contribution in [0.1, 0.15) is 17.5 Å². The molecule has 0 saturated carbocycles. The standard InChI is InChI=1S/C15H19N3O/c16-8-1-2-12-3-5-13(6-4-12)10-18-9-7-14(11-18)15(17)19/h3-6,14H,7-11,16H2,(H2,17,19). The summed E-state index contributed by atoms with van der Waals surface area (Å²) in [6.45, 7) is 2.94. The minimum Gasteiger partial charge on any atom is -0.369 e. The van der Waals surface area contributed by atoms with E-state index in [1.54, 1.807) is 0 Å². The molecule has 1 fully saturated rings. The van der Waals surface area contributed by atoms with Gasteiger partial charge in [0.15, 0.2) is 0 Å². The second-order valence-electron chi connectivity index (χ2n) is 4.83. The number of nitrogens with zero attached hydrogens (tertiary/aromatic N) is 1. The van der Waals surface area contributed by atoms with Crippen molar-refractivity contribution in [1.82, 2.24) is 4.90 Å². The normalized spacial score (nSPS) is 18.9. The van der Waals surface area contributed by atoms with Gasteiger partial charge in [0.1, 0.15) is 0 Å². The summed E-state index contributed by atoms with van der Waals surface area (Å²) in [5.41, 5.74) is 12.9. The number of amides is 1. The van der Waals surface area contributed by atoms with Gasteiger partial charge in [-0.25, -0.2) is 0 Å². The number of likely N-dealkylation sites (tertiary alicyclic amines) is 1. The van der Waals surface area contributed by atoms with Gasteiger partial charge in [-0.1, -0.05) is 24.0 Å². The molecule has 1 atom stereocenters. The van der Waals surface area contributed by atoms with Gasteiger partial charge in [0, 0.05) is 18.7 Å². The molecule has 2 rings (SSSR count).